The van der Waals surface area contributed by atoms with Crippen LogP contribution >= 0.6 is 0 Å². The number of hydrogen-bond acceptors (Lipinski definition) is 7. The summed E-state index contributed by atoms with van der Waals surface area (Å²) in [5, 5.41) is 10.1. The van der Waals surface area contributed by atoms with Crippen molar-refractivity contribution in [1.29, 1.82) is 0 Å². The summed E-state index contributed by atoms with van der Waals surface area (Å²) in [4.78, 5) is 15.5. The quantitative estimate of drug-likeness (QED) is 0.850. The second-order valence-electron chi connectivity index (χ2n) is 7.45. The van der Waals surface area contributed by atoms with Crippen molar-refractivity contribution in [2.45, 2.75) is 51.6 Å². The van der Waals surface area contributed by atoms with Gasteiger partial charge in [0.1, 0.15) is 17.9 Å². The van der Waals surface area contributed by atoms with Crippen LogP contribution in [0.5, 0.6) is 5.75 Å². The molecule has 1 aromatic heterocycles. The Morgan fingerprint density at radius 3 is 2.78 bits per heavy atom. The Hall–Kier alpha value is -2.51. The van der Waals surface area contributed by atoms with Crippen LogP contribution in [-0.4, -0.2) is 51.6 Å². The Kier molecular flexibility index (Phi) is 4.57. The number of β-amino-alcohol motifs (C(OH)–C–C–N with tert-alkyl or cyclic N) is 1. The van der Waals surface area contributed by atoms with Gasteiger partial charge in [-0.1, -0.05) is 6.07 Å². The van der Waals surface area contributed by atoms with Gasteiger partial charge in [-0.25, -0.2) is 9.97 Å². The molecule has 0 amide bonds. The number of aliphatic imine (C=N–C) groups is 1. The Balaban J connectivity index is 1.65. The van der Waals surface area contributed by atoms with Crippen LogP contribution in [0.15, 0.2) is 35.6 Å². The number of benzene rings is 1. The number of fused-ring (bicyclic) bond motifs is 1. The number of aromatic nitrogens is 2. The predicted octanol–water partition coefficient (Wildman–Crippen LogP) is 1.51. The van der Waals surface area contributed by atoms with E-state index in [0.29, 0.717) is 13.1 Å². The van der Waals surface area contributed by atoms with Gasteiger partial charge >= 0.3 is 0 Å². The van der Waals surface area contributed by atoms with Gasteiger partial charge in [0.2, 0.25) is 0 Å². The van der Waals surface area contributed by atoms with Gasteiger partial charge in [0.25, 0.3) is 0 Å². The van der Waals surface area contributed by atoms with Gasteiger partial charge in [0, 0.05) is 24.2 Å². The molecule has 142 valence electrons. The highest BCUT2D eigenvalue weighted by Crippen LogP contribution is 2.29. The molecule has 4 rings (SSSR count). The number of aliphatic hydroxyl groups excluding tert-OH is 1. The lowest BCUT2D eigenvalue weighted by molar-refractivity contribution is 0.175. The highest BCUT2D eigenvalue weighted by Gasteiger charge is 2.36. The number of nitrogens with zero attached hydrogens (tertiary/aromatic N) is 4. The van der Waals surface area contributed by atoms with E-state index in [4.69, 9.17) is 10.5 Å². The first-order chi connectivity index (χ1) is 12.9. The Bertz CT molecular complexity index is 882. The molecule has 3 atom stereocenters. The van der Waals surface area contributed by atoms with Crippen LogP contribution < -0.4 is 15.4 Å². The lowest BCUT2D eigenvalue weighted by Gasteiger charge is -2.23. The minimum Gasteiger partial charge on any atom is -0.491 e. The zero-order valence-corrected chi connectivity index (χ0v) is 15.8. The molecular weight excluding hydrogens is 342 g/mol. The van der Waals surface area contributed by atoms with E-state index in [0.717, 1.165) is 34.1 Å². The molecule has 7 nitrogen and oxygen atoms in total. The van der Waals surface area contributed by atoms with Crippen molar-refractivity contribution >= 4 is 11.5 Å². The van der Waals surface area contributed by atoms with Gasteiger partial charge in [-0.3, -0.25) is 4.99 Å². The van der Waals surface area contributed by atoms with Crippen LogP contribution in [0.1, 0.15) is 37.6 Å². The second-order valence-corrected chi connectivity index (χ2v) is 7.45. The first kappa shape index (κ1) is 17.9. The zero-order valence-electron chi connectivity index (χ0n) is 15.8. The lowest BCUT2D eigenvalue weighted by Crippen LogP contribution is -2.40. The summed E-state index contributed by atoms with van der Waals surface area (Å²) in [6.45, 7) is 7.12. The number of anilines is 1. The average Bonchev–Trinajstić information content (AvgIpc) is 3.17. The van der Waals surface area contributed by atoms with Crippen molar-refractivity contribution in [3.63, 3.8) is 0 Å². The molecule has 1 aromatic carbocycles. The Labute approximate surface area is 158 Å². The van der Waals surface area contributed by atoms with Crippen molar-refractivity contribution in [2.24, 2.45) is 10.7 Å². The maximum atomic E-state index is 10.1. The van der Waals surface area contributed by atoms with Crippen molar-refractivity contribution in [3.8, 4) is 5.75 Å². The van der Waals surface area contributed by atoms with Crippen molar-refractivity contribution in [2.75, 3.05) is 11.4 Å². The summed E-state index contributed by atoms with van der Waals surface area (Å²) < 4.78 is 5.83. The normalized spacial score (nSPS) is 24.3. The average molecular weight is 367 g/mol. The number of rotatable bonds is 4. The molecule has 3 heterocycles. The van der Waals surface area contributed by atoms with Gasteiger partial charge in [-0.05, 0) is 38.5 Å². The van der Waals surface area contributed by atoms with E-state index >= 15 is 0 Å². The summed E-state index contributed by atoms with van der Waals surface area (Å²) in [6, 6.07) is 7.71. The highest BCUT2D eigenvalue weighted by molar-refractivity contribution is 6.14. The van der Waals surface area contributed by atoms with E-state index < -0.39 is 6.10 Å². The molecule has 0 radical (unpaired) electrons. The fraction of sp³-hybridized carbons (Fsp3) is 0.450. The van der Waals surface area contributed by atoms with Crippen LogP contribution in [0.4, 0.5) is 5.82 Å². The maximum Gasteiger partial charge on any atom is 0.132 e. The Morgan fingerprint density at radius 2 is 2.07 bits per heavy atom. The third-order valence-electron chi connectivity index (χ3n) is 5.18. The molecule has 2 aliphatic rings. The first-order valence-corrected chi connectivity index (χ1v) is 9.31. The molecule has 2 aliphatic heterocycles. The molecular formula is C20H25N5O2. The van der Waals surface area contributed by atoms with E-state index in [1.807, 2.05) is 43.9 Å². The van der Waals surface area contributed by atoms with Crippen molar-refractivity contribution < 1.29 is 9.84 Å². The SMILES string of the molecule is CC(C)Oc1ccc2c(c1)C(c1cc(N3C[C@H](O)[C@@H](N)[C@@H]3C)ncn1)=NC2. The van der Waals surface area contributed by atoms with Gasteiger partial charge in [-0.15, -0.1) is 0 Å². The van der Waals surface area contributed by atoms with Gasteiger partial charge in [0.05, 0.1) is 36.2 Å². The fourth-order valence-corrected chi connectivity index (χ4v) is 3.68. The fourth-order valence-electron chi connectivity index (χ4n) is 3.68. The van der Waals surface area contributed by atoms with Crippen LogP contribution in [-0.2, 0) is 6.54 Å². The Morgan fingerprint density at radius 1 is 1.26 bits per heavy atom. The van der Waals surface area contributed by atoms with Crippen LogP contribution in [0.3, 0.4) is 0 Å². The van der Waals surface area contributed by atoms with E-state index in [1.54, 1.807) is 6.33 Å². The monoisotopic (exact) mass is 367 g/mol. The molecule has 7 heteroatoms. The van der Waals surface area contributed by atoms with Crippen LogP contribution in [0, 0.1) is 0 Å². The molecule has 0 saturated carbocycles. The summed E-state index contributed by atoms with van der Waals surface area (Å²) >= 11 is 0. The van der Waals surface area contributed by atoms with Crippen molar-refractivity contribution in [1.82, 2.24) is 9.97 Å². The standard InChI is InChI=1S/C20H25N5O2/c1-11(2)27-14-5-4-13-8-22-20(15(13)6-14)16-7-18(24-10-23-16)25-9-17(26)19(21)12(25)3/h4-7,10-12,17,19,26H,8-9,21H2,1-3H3/t12-,17-,19-/m0/s1. The summed E-state index contributed by atoms with van der Waals surface area (Å²) in [5.41, 5.74) is 9.88. The van der Waals surface area contributed by atoms with Gasteiger partial charge in [0.15, 0.2) is 0 Å². The number of aliphatic hydroxyl groups is 1. The molecule has 0 aliphatic carbocycles. The number of hydrogen-bond donors (Lipinski definition) is 2. The minimum atomic E-state index is -0.557. The summed E-state index contributed by atoms with van der Waals surface area (Å²) in [6.07, 6.45) is 1.10. The molecule has 0 unspecified atom stereocenters. The predicted molar refractivity (Wildman–Crippen MR) is 104 cm³/mol. The van der Waals surface area contributed by atoms with Gasteiger partial charge < -0.3 is 20.5 Å². The third kappa shape index (κ3) is 3.28. The maximum absolute atomic E-state index is 10.1. The molecule has 0 bridgehead atoms. The topological polar surface area (TPSA) is 96.9 Å². The summed E-state index contributed by atoms with van der Waals surface area (Å²) in [5.74, 6) is 1.58. The summed E-state index contributed by atoms with van der Waals surface area (Å²) in [7, 11) is 0. The first-order valence-electron chi connectivity index (χ1n) is 9.31. The van der Waals surface area contributed by atoms with E-state index in [1.165, 1.54) is 0 Å². The van der Waals surface area contributed by atoms with Crippen molar-refractivity contribution in [3.05, 3.63) is 47.4 Å². The van der Waals surface area contributed by atoms with E-state index in [-0.39, 0.29) is 18.2 Å². The smallest absolute Gasteiger partial charge is 0.132 e. The largest absolute Gasteiger partial charge is 0.491 e. The van der Waals surface area contributed by atoms with Crippen LogP contribution in [0.25, 0.3) is 0 Å². The van der Waals surface area contributed by atoms with E-state index in [2.05, 4.69) is 21.0 Å². The molecule has 27 heavy (non-hydrogen) atoms. The minimum absolute atomic E-state index is 0.00611. The highest BCUT2D eigenvalue weighted by atomic mass is 16.5. The lowest BCUT2D eigenvalue weighted by atomic mass is 10.0. The third-order valence-corrected chi connectivity index (χ3v) is 5.18. The van der Waals surface area contributed by atoms with E-state index in [9.17, 15) is 5.11 Å². The molecule has 3 N–H and O–H groups in total. The number of ether oxygens (including phenoxy) is 1. The molecule has 0 spiro atoms. The van der Waals surface area contributed by atoms with Crippen LogP contribution in [0.2, 0.25) is 0 Å². The number of nitrogens with two attached hydrogens (primary N) is 1. The molecule has 1 saturated heterocycles. The molecule has 2 aromatic rings. The van der Waals surface area contributed by atoms with Gasteiger partial charge in [-0.2, -0.15) is 0 Å². The zero-order chi connectivity index (χ0) is 19.1. The second kappa shape index (κ2) is 6.90. The molecule has 1 fully saturated rings.